The van der Waals surface area contributed by atoms with Crippen LogP contribution in [0.1, 0.15) is 22.3 Å². The molecule has 0 radical (unpaired) electrons. The van der Waals surface area contributed by atoms with Crippen molar-refractivity contribution in [3.63, 3.8) is 0 Å². The Morgan fingerprint density at radius 2 is 2.24 bits per heavy atom. The Bertz CT molecular complexity index is 653. The number of rotatable bonds is 4. The van der Waals surface area contributed by atoms with Gasteiger partial charge in [0, 0.05) is 28.8 Å². The molecule has 1 fully saturated rings. The molecule has 1 aliphatic rings. The number of carbonyl (C=O) groups excluding carboxylic acids is 1. The molecule has 5 nitrogen and oxygen atoms in total. The monoisotopic (exact) mass is 336 g/mol. The van der Waals surface area contributed by atoms with E-state index in [9.17, 15) is 17.6 Å². The van der Waals surface area contributed by atoms with Gasteiger partial charge in [-0.15, -0.1) is 0 Å². The molecule has 1 atom stereocenters. The predicted molar refractivity (Wildman–Crippen MR) is 73.4 cm³/mol. The van der Waals surface area contributed by atoms with E-state index in [2.05, 4.69) is 0 Å². The molecule has 8 heteroatoms. The van der Waals surface area contributed by atoms with Crippen LogP contribution >= 0.6 is 10.7 Å². The zero-order chi connectivity index (χ0) is 15.6. The molecule has 116 valence electrons. The van der Waals surface area contributed by atoms with Gasteiger partial charge in [0.1, 0.15) is 5.82 Å². The van der Waals surface area contributed by atoms with Gasteiger partial charge in [-0.3, -0.25) is 0 Å². The molecule has 1 saturated heterocycles. The van der Waals surface area contributed by atoms with E-state index in [1.54, 1.807) is 0 Å². The van der Waals surface area contributed by atoms with Crippen LogP contribution in [-0.2, 0) is 18.5 Å². The van der Waals surface area contributed by atoms with Crippen molar-refractivity contribution in [2.45, 2.75) is 18.2 Å². The minimum absolute atomic E-state index is 0.112. The van der Waals surface area contributed by atoms with Crippen LogP contribution < -0.4 is 0 Å². The van der Waals surface area contributed by atoms with Gasteiger partial charge in [-0.2, -0.15) is 0 Å². The van der Waals surface area contributed by atoms with Crippen LogP contribution in [0.2, 0.25) is 0 Å². The highest BCUT2D eigenvalue weighted by atomic mass is 35.7. The summed E-state index contributed by atoms with van der Waals surface area (Å²) in [5.74, 6) is -1.50. The average molecular weight is 337 g/mol. The van der Waals surface area contributed by atoms with Crippen LogP contribution in [-0.4, -0.2) is 34.2 Å². The lowest BCUT2D eigenvalue weighted by Gasteiger charge is -2.10. The first kappa shape index (κ1) is 16.2. The standard InChI is InChI=1S/C13H14ClFO5S/c1-8-11(15)4-10(5-12(8)21(14,17)18)13(16)20-7-9-2-3-19-6-9/h4-5,9H,2-3,6-7H2,1H3. The lowest BCUT2D eigenvalue weighted by molar-refractivity contribution is 0.0427. The maximum atomic E-state index is 13.7. The van der Waals surface area contributed by atoms with Gasteiger partial charge in [0.2, 0.25) is 0 Å². The number of benzene rings is 1. The van der Waals surface area contributed by atoms with Crippen molar-refractivity contribution in [1.29, 1.82) is 0 Å². The lowest BCUT2D eigenvalue weighted by atomic mass is 10.1. The molecule has 1 aromatic rings. The Balaban J connectivity index is 2.19. The Kier molecular flexibility index (Phi) is 4.85. The van der Waals surface area contributed by atoms with E-state index >= 15 is 0 Å². The molecule has 0 N–H and O–H groups in total. The predicted octanol–water partition coefficient (Wildman–Crippen LogP) is 2.25. The molecule has 1 aromatic carbocycles. The molecule has 0 spiro atoms. The van der Waals surface area contributed by atoms with E-state index in [0.717, 1.165) is 18.6 Å². The zero-order valence-corrected chi connectivity index (χ0v) is 12.8. The van der Waals surface area contributed by atoms with Crippen molar-refractivity contribution < 1.29 is 27.1 Å². The first-order valence-corrected chi connectivity index (χ1v) is 8.59. The summed E-state index contributed by atoms with van der Waals surface area (Å²) in [6, 6.07) is 1.96. The van der Waals surface area contributed by atoms with E-state index in [1.165, 1.54) is 6.92 Å². The molecule has 1 unspecified atom stereocenters. The van der Waals surface area contributed by atoms with Crippen LogP contribution in [0.5, 0.6) is 0 Å². The quantitative estimate of drug-likeness (QED) is 0.623. The Hall–Kier alpha value is -1.18. The summed E-state index contributed by atoms with van der Waals surface area (Å²) in [6.45, 7) is 2.56. The van der Waals surface area contributed by atoms with Gasteiger partial charge in [-0.1, -0.05) is 0 Å². The summed E-state index contributed by atoms with van der Waals surface area (Å²) in [4.78, 5) is 11.4. The van der Waals surface area contributed by atoms with E-state index in [1.807, 2.05) is 0 Å². The van der Waals surface area contributed by atoms with Crippen molar-refractivity contribution in [2.75, 3.05) is 19.8 Å². The summed E-state index contributed by atoms with van der Waals surface area (Å²) in [6.07, 6.45) is 0.789. The molecule has 0 aliphatic carbocycles. The van der Waals surface area contributed by atoms with Crippen LogP contribution in [0.4, 0.5) is 4.39 Å². The van der Waals surface area contributed by atoms with Gasteiger partial charge in [-0.25, -0.2) is 17.6 Å². The van der Waals surface area contributed by atoms with Gasteiger partial charge < -0.3 is 9.47 Å². The number of ether oxygens (including phenoxy) is 2. The lowest BCUT2D eigenvalue weighted by Crippen LogP contribution is -2.15. The number of hydrogen-bond donors (Lipinski definition) is 0. The molecular formula is C13H14ClFO5S. The van der Waals surface area contributed by atoms with E-state index in [4.69, 9.17) is 20.2 Å². The highest BCUT2D eigenvalue weighted by Crippen LogP contribution is 2.24. The van der Waals surface area contributed by atoms with Gasteiger partial charge >= 0.3 is 5.97 Å². The van der Waals surface area contributed by atoms with E-state index < -0.39 is 25.7 Å². The van der Waals surface area contributed by atoms with Gasteiger partial charge in [0.15, 0.2) is 0 Å². The first-order valence-electron chi connectivity index (χ1n) is 6.28. The number of carbonyl (C=O) groups is 1. The second kappa shape index (κ2) is 6.29. The van der Waals surface area contributed by atoms with Crippen molar-refractivity contribution in [2.24, 2.45) is 5.92 Å². The summed E-state index contributed by atoms with van der Waals surface area (Å²) < 4.78 is 46.7. The zero-order valence-electron chi connectivity index (χ0n) is 11.3. The molecule has 1 aliphatic heterocycles. The SMILES string of the molecule is Cc1c(F)cc(C(=O)OCC2CCOC2)cc1S(=O)(=O)Cl. The van der Waals surface area contributed by atoms with Crippen molar-refractivity contribution in [3.05, 3.63) is 29.1 Å². The highest BCUT2D eigenvalue weighted by Gasteiger charge is 2.22. The van der Waals surface area contributed by atoms with Gasteiger partial charge in [-0.05, 0) is 25.5 Å². The fraction of sp³-hybridized carbons (Fsp3) is 0.462. The van der Waals surface area contributed by atoms with Crippen LogP contribution in [0.3, 0.4) is 0 Å². The average Bonchev–Trinajstić information content (AvgIpc) is 2.90. The molecule has 0 bridgehead atoms. The second-order valence-corrected chi connectivity index (χ2v) is 7.38. The Morgan fingerprint density at radius 3 is 2.81 bits per heavy atom. The van der Waals surface area contributed by atoms with Crippen molar-refractivity contribution in [3.8, 4) is 0 Å². The normalized spacial score (nSPS) is 18.7. The minimum atomic E-state index is -4.14. The number of esters is 1. The summed E-state index contributed by atoms with van der Waals surface area (Å²) in [5.41, 5.74) is -0.318. The third-order valence-corrected chi connectivity index (χ3v) is 4.72. The largest absolute Gasteiger partial charge is 0.462 e. The molecule has 0 saturated carbocycles. The fourth-order valence-electron chi connectivity index (χ4n) is 2.02. The van der Waals surface area contributed by atoms with E-state index in [-0.39, 0.29) is 23.7 Å². The number of halogens is 2. The van der Waals surface area contributed by atoms with Gasteiger partial charge in [0.25, 0.3) is 9.05 Å². The van der Waals surface area contributed by atoms with Crippen molar-refractivity contribution >= 4 is 25.7 Å². The van der Waals surface area contributed by atoms with Crippen LogP contribution in [0.15, 0.2) is 17.0 Å². The minimum Gasteiger partial charge on any atom is -0.462 e. The molecule has 2 rings (SSSR count). The van der Waals surface area contributed by atoms with Crippen LogP contribution in [0.25, 0.3) is 0 Å². The summed E-state index contributed by atoms with van der Waals surface area (Å²) in [7, 11) is 1.09. The maximum absolute atomic E-state index is 13.7. The van der Waals surface area contributed by atoms with E-state index in [0.29, 0.717) is 13.2 Å². The fourth-order valence-corrected chi connectivity index (χ4v) is 3.23. The second-order valence-electron chi connectivity index (χ2n) is 4.85. The summed E-state index contributed by atoms with van der Waals surface area (Å²) in [5, 5.41) is 0. The van der Waals surface area contributed by atoms with Crippen LogP contribution in [0, 0.1) is 18.7 Å². The molecular weight excluding hydrogens is 323 g/mol. The van der Waals surface area contributed by atoms with Gasteiger partial charge in [0.05, 0.1) is 23.7 Å². The molecule has 21 heavy (non-hydrogen) atoms. The smallest absolute Gasteiger partial charge is 0.338 e. The summed E-state index contributed by atoms with van der Waals surface area (Å²) >= 11 is 0. The molecule has 0 aromatic heterocycles. The highest BCUT2D eigenvalue weighted by molar-refractivity contribution is 8.13. The Labute approximate surface area is 126 Å². The molecule has 0 amide bonds. The third kappa shape index (κ3) is 3.93. The number of hydrogen-bond acceptors (Lipinski definition) is 5. The van der Waals surface area contributed by atoms with Crippen molar-refractivity contribution in [1.82, 2.24) is 0 Å². The topological polar surface area (TPSA) is 69.7 Å². The maximum Gasteiger partial charge on any atom is 0.338 e. The third-order valence-electron chi connectivity index (χ3n) is 3.27. The Morgan fingerprint density at radius 1 is 1.52 bits per heavy atom. The molecule has 1 heterocycles. The first-order chi connectivity index (χ1) is 9.79.